The minimum Gasteiger partial charge on any atom is -0.449 e. The zero-order chi connectivity index (χ0) is 18.1. The number of hydrogen-bond acceptors (Lipinski definition) is 5. The Balaban J connectivity index is 2.02. The fourth-order valence-corrected chi connectivity index (χ4v) is 4.41. The van der Waals surface area contributed by atoms with E-state index in [1.165, 1.54) is 31.0 Å². The van der Waals surface area contributed by atoms with Gasteiger partial charge >= 0.3 is 5.97 Å². The summed E-state index contributed by atoms with van der Waals surface area (Å²) in [6.07, 6.45) is -0.822. The van der Waals surface area contributed by atoms with Crippen LogP contribution in [0.5, 0.6) is 0 Å². The SMILES string of the molecule is C[C@H](OC(=O)c1ccc(Cl)cc1F)C(=O)N(C)[C@H]1CCS(=O)(=O)C1. The van der Waals surface area contributed by atoms with Crippen LogP contribution in [0.2, 0.25) is 5.02 Å². The van der Waals surface area contributed by atoms with E-state index in [4.69, 9.17) is 16.3 Å². The molecule has 9 heteroatoms. The lowest BCUT2D eigenvalue weighted by molar-refractivity contribution is -0.140. The van der Waals surface area contributed by atoms with Crippen LogP contribution in [0.3, 0.4) is 0 Å². The summed E-state index contributed by atoms with van der Waals surface area (Å²) < 4.78 is 41.7. The standard InChI is InChI=1S/C15H17ClFNO5S/c1-9(14(19)18(2)11-5-6-24(21,22)8-11)23-15(20)12-4-3-10(16)7-13(12)17/h3-4,7,9,11H,5-6,8H2,1-2H3/t9-,11-/m0/s1. The number of likely N-dealkylation sites (N-methyl/N-ethyl adjacent to an activating group) is 1. The molecule has 1 aromatic rings. The topological polar surface area (TPSA) is 80.8 Å². The van der Waals surface area contributed by atoms with E-state index in [-0.39, 0.29) is 22.1 Å². The van der Waals surface area contributed by atoms with Gasteiger partial charge in [-0.1, -0.05) is 11.6 Å². The van der Waals surface area contributed by atoms with Crippen LogP contribution in [-0.4, -0.2) is 55.9 Å². The molecule has 24 heavy (non-hydrogen) atoms. The second-order valence-corrected chi connectivity index (χ2v) is 8.34. The summed E-state index contributed by atoms with van der Waals surface area (Å²) in [5.74, 6) is -2.46. The molecule has 0 saturated carbocycles. The molecule has 2 rings (SSSR count). The molecule has 0 radical (unpaired) electrons. The van der Waals surface area contributed by atoms with Crippen molar-refractivity contribution in [3.63, 3.8) is 0 Å². The molecule has 1 aromatic carbocycles. The quantitative estimate of drug-likeness (QED) is 0.745. The fraction of sp³-hybridized carbons (Fsp3) is 0.467. The summed E-state index contributed by atoms with van der Waals surface area (Å²) >= 11 is 5.61. The first-order valence-electron chi connectivity index (χ1n) is 7.24. The van der Waals surface area contributed by atoms with Crippen molar-refractivity contribution in [1.29, 1.82) is 0 Å². The summed E-state index contributed by atoms with van der Waals surface area (Å²) in [5.41, 5.74) is -0.329. The first-order valence-corrected chi connectivity index (χ1v) is 9.44. The molecule has 0 aliphatic carbocycles. The average Bonchev–Trinajstić information content (AvgIpc) is 2.85. The molecule has 132 valence electrons. The first-order chi connectivity index (χ1) is 11.1. The number of hydrogen-bond donors (Lipinski definition) is 0. The molecule has 0 unspecified atom stereocenters. The van der Waals surface area contributed by atoms with Gasteiger partial charge in [0.1, 0.15) is 5.82 Å². The molecule has 0 aromatic heterocycles. The third-order valence-corrected chi connectivity index (χ3v) is 5.87. The molecule has 0 spiro atoms. The van der Waals surface area contributed by atoms with Gasteiger partial charge in [0.2, 0.25) is 0 Å². The summed E-state index contributed by atoms with van der Waals surface area (Å²) in [7, 11) is -1.68. The Morgan fingerprint density at radius 3 is 2.62 bits per heavy atom. The van der Waals surface area contributed by atoms with Gasteiger partial charge in [-0.3, -0.25) is 4.79 Å². The van der Waals surface area contributed by atoms with Gasteiger partial charge in [0, 0.05) is 18.1 Å². The van der Waals surface area contributed by atoms with E-state index in [1.807, 2.05) is 0 Å². The molecule has 1 saturated heterocycles. The van der Waals surface area contributed by atoms with Crippen LogP contribution in [-0.2, 0) is 19.4 Å². The van der Waals surface area contributed by atoms with Crippen molar-refractivity contribution in [1.82, 2.24) is 4.90 Å². The highest BCUT2D eigenvalue weighted by Gasteiger charge is 2.35. The third-order valence-electron chi connectivity index (χ3n) is 3.89. The Kier molecular flexibility index (Phi) is 5.49. The van der Waals surface area contributed by atoms with Crippen molar-refractivity contribution >= 4 is 33.3 Å². The molecule has 6 nitrogen and oxygen atoms in total. The number of sulfone groups is 1. The molecule has 2 atom stereocenters. The molecule has 1 amide bonds. The molecule has 0 bridgehead atoms. The Labute approximate surface area is 144 Å². The highest BCUT2D eigenvalue weighted by molar-refractivity contribution is 7.91. The second kappa shape index (κ2) is 7.06. The van der Waals surface area contributed by atoms with Crippen molar-refractivity contribution in [2.75, 3.05) is 18.6 Å². The number of carbonyl (C=O) groups is 2. The lowest BCUT2D eigenvalue weighted by atomic mass is 10.2. The maximum Gasteiger partial charge on any atom is 0.341 e. The number of halogens is 2. The second-order valence-electron chi connectivity index (χ2n) is 5.68. The number of nitrogens with zero attached hydrogens (tertiary/aromatic N) is 1. The third kappa shape index (κ3) is 4.24. The maximum atomic E-state index is 13.7. The van der Waals surface area contributed by atoms with Crippen LogP contribution in [0.1, 0.15) is 23.7 Å². The number of rotatable bonds is 4. The molecule has 0 N–H and O–H groups in total. The first kappa shape index (κ1) is 18.7. The Hall–Kier alpha value is -1.67. The van der Waals surface area contributed by atoms with Crippen LogP contribution in [0.4, 0.5) is 4.39 Å². The van der Waals surface area contributed by atoms with Crippen molar-refractivity contribution < 1.29 is 27.1 Å². The van der Waals surface area contributed by atoms with Crippen molar-refractivity contribution in [3.8, 4) is 0 Å². The molecule has 1 heterocycles. The van der Waals surface area contributed by atoms with E-state index in [2.05, 4.69) is 0 Å². The number of ether oxygens (including phenoxy) is 1. The number of benzene rings is 1. The summed E-state index contributed by atoms with van der Waals surface area (Å²) in [5, 5.41) is 0.135. The van der Waals surface area contributed by atoms with E-state index in [0.29, 0.717) is 6.42 Å². The molecule has 1 aliphatic heterocycles. The van der Waals surface area contributed by atoms with Crippen LogP contribution in [0.25, 0.3) is 0 Å². The molecule has 1 fully saturated rings. The summed E-state index contributed by atoms with van der Waals surface area (Å²) in [6, 6.07) is 3.03. The summed E-state index contributed by atoms with van der Waals surface area (Å²) in [4.78, 5) is 25.5. The normalized spacial score (nSPS) is 20.4. The maximum absolute atomic E-state index is 13.7. The summed E-state index contributed by atoms with van der Waals surface area (Å²) in [6.45, 7) is 1.36. The van der Waals surface area contributed by atoms with E-state index in [1.54, 1.807) is 0 Å². The predicted octanol–water partition coefficient (Wildman–Crippen LogP) is 1.67. The van der Waals surface area contributed by atoms with E-state index in [9.17, 15) is 22.4 Å². The lowest BCUT2D eigenvalue weighted by Crippen LogP contribution is -2.44. The average molecular weight is 378 g/mol. The Morgan fingerprint density at radius 1 is 1.42 bits per heavy atom. The van der Waals surface area contributed by atoms with Crippen LogP contribution in [0.15, 0.2) is 18.2 Å². The van der Waals surface area contributed by atoms with Gasteiger partial charge in [-0.15, -0.1) is 0 Å². The number of esters is 1. The lowest BCUT2D eigenvalue weighted by Gasteiger charge is -2.26. The predicted molar refractivity (Wildman–Crippen MR) is 86.1 cm³/mol. The van der Waals surface area contributed by atoms with E-state index >= 15 is 0 Å². The fourth-order valence-electron chi connectivity index (χ4n) is 2.48. The van der Waals surface area contributed by atoms with E-state index < -0.39 is 39.7 Å². The van der Waals surface area contributed by atoms with Gasteiger partial charge in [-0.25, -0.2) is 17.6 Å². The van der Waals surface area contributed by atoms with Crippen molar-refractivity contribution in [2.24, 2.45) is 0 Å². The van der Waals surface area contributed by atoms with Gasteiger partial charge in [-0.2, -0.15) is 0 Å². The Morgan fingerprint density at radius 2 is 2.08 bits per heavy atom. The molecular formula is C15H17ClFNO5S. The zero-order valence-corrected chi connectivity index (χ0v) is 14.7. The van der Waals surface area contributed by atoms with Gasteiger partial charge < -0.3 is 9.64 Å². The molecule has 1 aliphatic rings. The van der Waals surface area contributed by atoms with Crippen LogP contribution in [0, 0.1) is 5.82 Å². The number of carbonyl (C=O) groups excluding carboxylic acids is 2. The van der Waals surface area contributed by atoms with Crippen molar-refractivity contribution in [2.45, 2.75) is 25.5 Å². The minimum absolute atomic E-state index is 0.0272. The number of amides is 1. The van der Waals surface area contributed by atoms with Crippen LogP contribution >= 0.6 is 11.6 Å². The smallest absolute Gasteiger partial charge is 0.341 e. The van der Waals surface area contributed by atoms with Gasteiger partial charge in [0.25, 0.3) is 5.91 Å². The largest absolute Gasteiger partial charge is 0.449 e. The van der Waals surface area contributed by atoms with E-state index in [0.717, 1.165) is 6.07 Å². The monoisotopic (exact) mass is 377 g/mol. The van der Waals surface area contributed by atoms with Crippen LogP contribution < -0.4 is 0 Å². The van der Waals surface area contributed by atoms with Gasteiger partial charge in [0.05, 0.1) is 17.1 Å². The highest BCUT2D eigenvalue weighted by Crippen LogP contribution is 2.19. The highest BCUT2D eigenvalue weighted by atomic mass is 35.5. The van der Waals surface area contributed by atoms with Gasteiger partial charge in [0.15, 0.2) is 15.9 Å². The zero-order valence-electron chi connectivity index (χ0n) is 13.2. The van der Waals surface area contributed by atoms with Gasteiger partial charge in [-0.05, 0) is 31.5 Å². The Bertz CT molecular complexity index is 767. The molecular weight excluding hydrogens is 361 g/mol. The minimum atomic E-state index is -3.14. The van der Waals surface area contributed by atoms with Crippen molar-refractivity contribution in [3.05, 3.63) is 34.6 Å².